The molecule has 1 radical (unpaired) electrons. The first-order valence-electron chi connectivity index (χ1n) is 8.03. The average Bonchev–Trinajstić information content (AvgIpc) is 2.67. The van der Waals surface area contributed by atoms with Crippen molar-refractivity contribution in [3.63, 3.8) is 0 Å². The lowest BCUT2D eigenvalue weighted by molar-refractivity contribution is -0.157. The molecule has 7 heteroatoms. The number of benzene rings is 2. The molecule has 3 rings (SSSR count). The molecule has 0 atom stereocenters. The lowest BCUT2D eigenvalue weighted by Gasteiger charge is -2.20. The van der Waals surface area contributed by atoms with Gasteiger partial charge in [0.2, 0.25) is 0 Å². The first-order valence-corrected chi connectivity index (χ1v) is 8.82. The Kier molecular flexibility index (Phi) is 4.91. The van der Waals surface area contributed by atoms with Gasteiger partial charge in [-0.3, -0.25) is 4.79 Å². The van der Waals surface area contributed by atoms with E-state index in [1.807, 2.05) is 12.1 Å². The number of carbonyl (C=O) groups excluding carboxylic acids is 2. The van der Waals surface area contributed by atoms with Gasteiger partial charge in [-0.05, 0) is 51.1 Å². The summed E-state index contributed by atoms with van der Waals surface area (Å²) in [5.41, 5.74) is 1.49. The Bertz CT molecular complexity index is 874. The van der Waals surface area contributed by atoms with Crippen LogP contribution in [0.1, 0.15) is 31.1 Å². The van der Waals surface area contributed by atoms with Gasteiger partial charge in [-0.15, -0.1) is 0 Å². The lowest BCUT2D eigenvalue weighted by Crippen LogP contribution is -2.27. The molecule has 1 amide bonds. The molecule has 1 N–H and O–H groups in total. The van der Waals surface area contributed by atoms with Gasteiger partial charge in [0.05, 0.1) is 17.1 Å². The van der Waals surface area contributed by atoms with Crippen LogP contribution in [-0.4, -0.2) is 24.1 Å². The van der Waals surface area contributed by atoms with Gasteiger partial charge in [-0.1, -0.05) is 22.0 Å². The monoisotopic (exact) mass is 417 g/mol. The number of hydrogen-bond donors (Lipinski definition) is 1. The Morgan fingerprint density at radius 3 is 2.69 bits per heavy atom. The molecule has 6 nitrogen and oxygen atoms in total. The maximum Gasteiger partial charge on any atom is 0.344 e. The maximum atomic E-state index is 12.7. The summed E-state index contributed by atoms with van der Waals surface area (Å²) in [5, 5.41) is 7.36. The number of anilines is 2. The molecular formula is C19H18BrN2O4. The summed E-state index contributed by atoms with van der Waals surface area (Å²) in [4.78, 5) is 24.5. The molecule has 0 fully saturated rings. The predicted octanol–water partition coefficient (Wildman–Crippen LogP) is 4.30. The Balaban J connectivity index is 1.85. The van der Waals surface area contributed by atoms with E-state index in [2.05, 4.69) is 26.6 Å². The van der Waals surface area contributed by atoms with Gasteiger partial charge < -0.3 is 14.8 Å². The molecule has 0 saturated carbocycles. The van der Waals surface area contributed by atoms with Gasteiger partial charge in [-0.25, -0.2) is 10.1 Å². The number of fused-ring (bicyclic) bond motifs is 2. The second-order valence-electron chi connectivity index (χ2n) is 6.76. The molecule has 26 heavy (non-hydrogen) atoms. The third-order valence-corrected chi connectivity index (χ3v) is 3.95. The SMILES string of the molecule is CC(C)(C)OC(=O)COc1cccc2c1C(=O)[N]c1cc(Br)ccc1N2. The van der Waals surface area contributed by atoms with Crippen LogP contribution in [0.15, 0.2) is 40.9 Å². The molecule has 0 aromatic heterocycles. The first kappa shape index (κ1) is 18.3. The van der Waals surface area contributed by atoms with Crippen molar-refractivity contribution in [2.75, 3.05) is 11.9 Å². The quantitative estimate of drug-likeness (QED) is 0.752. The van der Waals surface area contributed by atoms with E-state index in [-0.39, 0.29) is 17.9 Å². The van der Waals surface area contributed by atoms with Crippen LogP contribution in [-0.2, 0) is 9.53 Å². The van der Waals surface area contributed by atoms with Crippen molar-refractivity contribution in [1.82, 2.24) is 5.32 Å². The molecule has 0 spiro atoms. The minimum atomic E-state index is -0.601. The third kappa shape index (κ3) is 4.16. The summed E-state index contributed by atoms with van der Waals surface area (Å²) in [7, 11) is 0. The van der Waals surface area contributed by atoms with Gasteiger partial charge in [0.15, 0.2) is 6.61 Å². The van der Waals surface area contributed by atoms with E-state index < -0.39 is 17.5 Å². The Morgan fingerprint density at radius 2 is 1.96 bits per heavy atom. The van der Waals surface area contributed by atoms with Gasteiger partial charge in [0, 0.05) is 4.47 Å². The molecule has 1 aliphatic heterocycles. The zero-order chi connectivity index (χ0) is 18.9. The maximum absolute atomic E-state index is 12.7. The fourth-order valence-electron chi connectivity index (χ4n) is 2.50. The number of nitrogens with zero attached hydrogens (tertiary/aromatic N) is 1. The van der Waals surface area contributed by atoms with Crippen molar-refractivity contribution in [2.24, 2.45) is 0 Å². The molecule has 0 aliphatic carbocycles. The van der Waals surface area contributed by atoms with Crippen LogP contribution in [0.3, 0.4) is 0 Å². The molecule has 1 aliphatic rings. The second kappa shape index (κ2) is 6.99. The zero-order valence-electron chi connectivity index (χ0n) is 14.6. The molecule has 0 unspecified atom stereocenters. The molecule has 0 saturated heterocycles. The zero-order valence-corrected chi connectivity index (χ0v) is 16.2. The predicted molar refractivity (Wildman–Crippen MR) is 101 cm³/mol. The van der Waals surface area contributed by atoms with Gasteiger partial charge in [0.25, 0.3) is 5.91 Å². The topological polar surface area (TPSA) is 78.7 Å². The summed E-state index contributed by atoms with van der Waals surface area (Å²) >= 11 is 3.37. The number of halogens is 1. The standard InChI is InChI=1S/C19H18BrN2O4/c1-19(2,3)26-16(23)10-25-15-6-4-5-13-17(15)18(24)22-14-9-11(20)7-8-12(14)21-13/h4-9,21H,10H2,1-3H3. The number of ether oxygens (including phenoxy) is 2. The highest BCUT2D eigenvalue weighted by atomic mass is 79.9. The molecule has 2 aromatic rings. The summed E-state index contributed by atoms with van der Waals surface area (Å²) < 4.78 is 11.6. The molecule has 135 valence electrons. The third-order valence-electron chi connectivity index (χ3n) is 3.46. The van der Waals surface area contributed by atoms with E-state index >= 15 is 0 Å². The number of carbonyl (C=O) groups is 2. The van der Waals surface area contributed by atoms with Crippen LogP contribution in [0.25, 0.3) is 0 Å². The Labute approximate surface area is 160 Å². The second-order valence-corrected chi connectivity index (χ2v) is 7.67. The summed E-state index contributed by atoms with van der Waals surface area (Å²) in [6.07, 6.45) is 0. The van der Waals surface area contributed by atoms with Crippen molar-refractivity contribution < 1.29 is 19.1 Å². The fraction of sp³-hybridized carbons (Fsp3) is 0.263. The van der Waals surface area contributed by atoms with Crippen molar-refractivity contribution in [1.29, 1.82) is 0 Å². The normalized spacial score (nSPS) is 12.8. The van der Waals surface area contributed by atoms with Crippen LogP contribution < -0.4 is 15.4 Å². The summed E-state index contributed by atoms with van der Waals surface area (Å²) in [5.74, 6) is -0.668. The average molecular weight is 418 g/mol. The van der Waals surface area contributed by atoms with Crippen LogP contribution in [0, 0.1) is 0 Å². The van der Waals surface area contributed by atoms with Crippen molar-refractivity contribution in [3.8, 4) is 5.75 Å². The van der Waals surface area contributed by atoms with E-state index in [4.69, 9.17) is 9.47 Å². The highest BCUT2D eigenvalue weighted by molar-refractivity contribution is 9.10. The fourth-order valence-corrected chi connectivity index (χ4v) is 2.85. The van der Waals surface area contributed by atoms with Crippen LogP contribution in [0.4, 0.5) is 17.1 Å². The van der Waals surface area contributed by atoms with Crippen molar-refractivity contribution >= 4 is 44.9 Å². The molecule has 1 heterocycles. The van der Waals surface area contributed by atoms with Crippen LogP contribution in [0.5, 0.6) is 5.75 Å². The minimum absolute atomic E-state index is 0.279. The van der Waals surface area contributed by atoms with Gasteiger partial charge in [0.1, 0.15) is 16.9 Å². The molecule has 2 aromatic carbocycles. The highest BCUT2D eigenvalue weighted by Crippen LogP contribution is 2.37. The number of rotatable bonds is 3. The highest BCUT2D eigenvalue weighted by Gasteiger charge is 2.25. The number of nitrogens with one attached hydrogen (secondary N) is 1. The van der Waals surface area contributed by atoms with E-state index in [1.54, 1.807) is 45.0 Å². The Hall–Kier alpha value is -2.54. The molecular weight excluding hydrogens is 400 g/mol. The van der Waals surface area contributed by atoms with Gasteiger partial charge >= 0.3 is 5.97 Å². The largest absolute Gasteiger partial charge is 0.481 e. The van der Waals surface area contributed by atoms with E-state index in [9.17, 15) is 9.59 Å². The Morgan fingerprint density at radius 1 is 1.19 bits per heavy atom. The van der Waals surface area contributed by atoms with Crippen LogP contribution in [0.2, 0.25) is 0 Å². The first-order chi connectivity index (χ1) is 12.2. The van der Waals surface area contributed by atoms with Crippen molar-refractivity contribution in [2.45, 2.75) is 26.4 Å². The summed E-state index contributed by atoms with van der Waals surface area (Å²) in [6, 6.07) is 10.6. The van der Waals surface area contributed by atoms with Crippen molar-refractivity contribution in [3.05, 3.63) is 46.4 Å². The smallest absolute Gasteiger partial charge is 0.344 e. The van der Waals surface area contributed by atoms with Crippen LogP contribution >= 0.6 is 15.9 Å². The van der Waals surface area contributed by atoms with Gasteiger partial charge in [-0.2, -0.15) is 0 Å². The number of amides is 1. The summed E-state index contributed by atoms with van der Waals surface area (Å²) in [6.45, 7) is 5.04. The number of hydrogen-bond acceptors (Lipinski definition) is 5. The van der Waals surface area contributed by atoms with E-state index in [0.717, 1.165) is 4.47 Å². The number of esters is 1. The lowest BCUT2D eigenvalue weighted by atomic mass is 10.1. The minimum Gasteiger partial charge on any atom is -0.481 e. The van der Waals surface area contributed by atoms with E-state index in [1.165, 1.54) is 0 Å². The molecule has 0 bridgehead atoms. The van der Waals surface area contributed by atoms with E-state index in [0.29, 0.717) is 17.1 Å².